The fraction of sp³-hybridized carbons (Fsp3) is 0.615. The first-order valence-electron chi connectivity index (χ1n) is 6.15. The normalized spacial score (nSPS) is 19.0. The van der Waals surface area contributed by atoms with E-state index in [1.807, 2.05) is 6.92 Å². The van der Waals surface area contributed by atoms with Crippen molar-refractivity contribution in [3.8, 4) is 0 Å². The van der Waals surface area contributed by atoms with E-state index >= 15 is 0 Å². The van der Waals surface area contributed by atoms with Crippen LogP contribution in [0.15, 0.2) is 6.07 Å². The van der Waals surface area contributed by atoms with E-state index in [4.69, 9.17) is 9.84 Å². The number of rotatable bonds is 5. The molecule has 0 amide bonds. The van der Waals surface area contributed by atoms with Crippen LogP contribution in [-0.4, -0.2) is 17.7 Å². The molecule has 1 unspecified atom stereocenters. The Morgan fingerprint density at radius 2 is 2.47 bits per heavy atom. The minimum absolute atomic E-state index is 0.221. The van der Waals surface area contributed by atoms with Gasteiger partial charge in [0, 0.05) is 16.4 Å². The van der Waals surface area contributed by atoms with Crippen LogP contribution in [0.5, 0.6) is 0 Å². The third-order valence-electron chi connectivity index (χ3n) is 3.06. The minimum Gasteiger partial charge on any atom is -0.481 e. The summed E-state index contributed by atoms with van der Waals surface area (Å²) in [6.07, 6.45) is 4.49. The van der Waals surface area contributed by atoms with Gasteiger partial charge in [-0.3, -0.25) is 4.79 Å². The van der Waals surface area contributed by atoms with Crippen molar-refractivity contribution in [3.63, 3.8) is 0 Å². The van der Waals surface area contributed by atoms with Crippen LogP contribution in [0.4, 0.5) is 0 Å². The van der Waals surface area contributed by atoms with Gasteiger partial charge in [0.15, 0.2) is 0 Å². The summed E-state index contributed by atoms with van der Waals surface area (Å²) in [5.41, 5.74) is 1.31. The lowest BCUT2D eigenvalue weighted by atomic mass is 9.96. The van der Waals surface area contributed by atoms with Crippen molar-refractivity contribution in [1.29, 1.82) is 0 Å². The lowest BCUT2D eigenvalue weighted by Gasteiger charge is -2.22. The Bertz CT molecular complexity index is 397. The van der Waals surface area contributed by atoms with Crippen molar-refractivity contribution < 1.29 is 14.6 Å². The Morgan fingerprint density at radius 3 is 3.18 bits per heavy atom. The van der Waals surface area contributed by atoms with Gasteiger partial charge in [-0.05, 0) is 44.2 Å². The second-order valence-electron chi connectivity index (χ2n) is 4.32. The second kappa shape index (κ2) is 5.65. The maximum Gasteiger partial charge on any atom is 0.303 e. The molecule has 0 aliphatic heterocycles. The van der Waals surface area contributed by atoms with Crippen molar-refractivity contribution >= 4 is 17.3 Å². The first kappa shape index (κ1) is 12.6. The molecule has 0 aromatic carbocycles. The van der Waals surface area contributed by atoms with Gasteiger partial charge in [-0.1, -0.05) is 0 Å². The highest BCUT2D eigenvalue weighted by Gasteiger charge is 2.23. The van der Waals surface area contributed by atoms with Crippen molar-refractivity contribution in [1.82, 2.24) is 0 Å². The molecule has 4 heteroatoms. The van der Waals surface area contributed by atoms with Crippen LogP contribution in [0.25, 0.3) is 0 Å². The highest BCUT2D eigenvalue weighted by Crippen LogP contribution is 2.38. The zero-order valence-corrected chi connectivity index (χ0v) is 10.9. The highest BCUT2D eigenvalue weighted by molar-refractivity contribution is 7.12. The quantitative estimate of drug-likeness (QED) is 0.877. The number of hydrogen-bond acceptors (Lipinski definition) is 3. The van der Waals surface area contributed by atoms with E-state index in [1.165, 1.54) is 21.7 Å². The molecule has 1 aromatic heterocycles. The maximum absolute atomic E-state index is 10.6. The summed E-state index contributed by atoms with van der Waals surface area (Å²) in [6.45, 7) is 2.76. The molecule has 0 bridgehead atoms. The molecule has 1 heterocycles. The molecule has 1 atom stereocenters. The van der Waals surface area contributed by atoms with E-state index in [0.29, 0.717) is 6.42 Å². The molecule has 1 N–H and O–H groups in total. The molecule has 0 spiro atoms. The molecule has 0 saturated heterocycles. The third-order valence-corrected chi connectivity index (χ3v) is 4.33. The molecule has 2 rings (SSSR count). The standard InChI is InChI=1S/C13H18O3S/c1-2-16-11-4-3-5-12-10(11)8-9(17-12)6-7-13(14)15/h8,11H,2-7H2,1H3,(H,14,15). The fourth-order valence-electron chi connectivity index (χ4n) is 2.30. The number of fused-ring (bicyclic) bond motifs is 1. The number of aliphatic carboxylic acids is 1. The van der Waals surface area contributed by atoms with Crippen LogP contribution in [0.3, 0.4) is 0 Å². The van der Waals surface area contributed by atoms with Crippen LogP contribution in [0.2, 0.25) is 0 Å². The summed E-state index contributed by atoms with van der Waals surface area (Å²) in [5.74, 6) is -0.724. The van der Waals surface area contributed by atoms with Gasteiger partial charge in [0.2, 0.25) is 0 Å². The Labute approximate surface area is 105 Å². The number of hydrogen-bond donors (Lipinski definition) is 1. The van der Waals surface area contributed by atoms with Crippen molar-refractivity contribution in [2.24, 2.45) is 0 Å². The van der Waals surface area contributed by atoms with Crippen LogP contribution >= 0.6 is 11.3 Å². The van der Waals surface area contributed by atoms with E-state index in [9.17, 15) is 4.79 Å². The van der Waals surface area contributed by atoms with Gasteiger partial charge in [-0.25, -0.2) is 0 Å². The van der Waals surface area contributed by atoms with Gasteiger partial charge in [0.1, 0.15) is 0 Å². The lowest BCUT2D eigenvalue weighted by Crippen LogP contribution is -2.10. The van der Waals surface area contributed by atoms with E-state index in [1.54, 1.807) is 11.3 Å². The predicted octanol–water partition coefficient (Wildman–Crippen LogP) is 3.18. The zero-order chi connectivity index (χ0) is 12.3. The summed E-state index contributed by atoms with van der Waals surface area (Å²) < 4.78 is 5.74. The van der Waals surface area contributed by atoms with Crippen molar-refractivity contribution in [3.05, 3.63) is 21.4 Å². The van der Waals surface area contributed by atoms with Crippen LogP contribution < -0.4 is 0 Å². The molecular weight excluding hydrogens is 236 g/mol. The van der Waals surface area contributed by atoms with E-state index in [0.717, 1.165) is 19.4 Å². The average molecular weight is 254 g/mol. The van der Waals surface area contributed by atoms with Gasteiger partial charge in [0.05, 0.1) is 12.5 Å². The molecule has 94 valence electrons. The monoisotopic (exact) mass is 254 g/mol. The summed E-state index contributed by atoms with van der Waals surface area (Å²) in [4.78, 5) is 13.1. The number of aryl methyl sites for hydroxylation is 2. The van der Waals surface area contributed by atoms with Crippen LogP contribution in [0, 0.1) is 0 Å². The Morgan fingerprint density at radius 1 is 1.65 bits per heavy atom. The van der Waals surface area contributed by atoms with E-state index in [-0.39, 0.29) is 12.5 Å². The molecule has 1 aromatic rings. The zero-order valence-electron chi connectivity index (χ0n) is 10.1. The Kier molecular flexibility index (Phi) is 4.18. The van der Waals surface area contributed by atoms with E-state index in [2.05, 4.69) is 6.07 Å². The first-order chi connectivity index (χ1) is 8.20. The van der Waals surface area contributed by atoms with Crippen LogP contribution in [0.1, 0.15) is 47.6 Å². The number of carboxylic acids is 1. The molecule has 0 saturated carbocycles. The number of thiophene rings is 1. The molecule has 17 heavy (non-hydrogen) atoms. The summed E-state index contributed by atoms with van der Waals surface area (Å²) in [5, 5.41) is 8.69. The Hall–Kier alpha value is -0.870. The lowest BCUT2D eigenvalue weighted by molar-refractivity contribution is -0.136. The van der Waals surface area contributed by atoms with Gasteiger partial charge >= 0.3 is 5.97 Å². The Balaban J connectivity index is 2.10. The van der Waals surface area contributed by atoms with E-state index < -0.39 is 5.97 Å². The van der Waals surface area contributed by atoms with Crippen molar-refractivity contribution in [2.75, 3.05) is 6.61 Å². The molecule has 0 fully saturated rings. The SMILES string of the molecule is CCOC1CCCc2sc(CCC(=O)O)cc21. The van der Waals surface area contributed by atoms with Gasteiger partial charge < -0.3 is 9.84 Å². The number of ether oxygens (including phenoxy) is 1. The van der Waals surface area contributed by atoms with Gasteiger partial charge in [0.25, 0.3) is 0 Å². The van der Waals surface area contributed by atoms with Crippen LogP contribution in [-0.2, 0) is 22.4 Å². The smallest absolute Gasteiger partial charge is 0.303 e. The summed E-state index contributed by atoms with van der Waals surface area (Å²) in [7, 11) is 0. The maximum atomic E-state index is 10.6. The number of carbonyl (C=O) groups is 1. The van der Waals surface area contributed by atoms with Gasteiger partial charge in [-0.2, -0.15) is 0 Å². The molecule has 1 aliphatic carbocycles. The predicted molar refractivity (Wildman–Crippen MR) is 67.6 cm³/mol. The van der Waals surface area contributed by atoms with Crippen molar-refractivity contribution in [2.45, 2.75) is 45.1 Å². The summed E-state index contributed by atoms with van der Waals surface area (Å²) in [6, 6.07) is 2.16. The second-order valence-corrected chi connectivity index (χ2v) is 5.54. The minimum atomic E-state index is -0.724. The fourth-order valence-corrected chi connectivity index (χ4v) is 3.56. The molecular formula is C13H18O3S. The summed E-state index contributed by atoms with van der Waals surface area (Å²) >= 11 is 1.76. The average Bonchev–Trinajstić information content (AvgIpc) is 2.71. The molecule has 0 radical (unpaired) electrons. The van der Waals surface area contributed by atoms with Gasteiger partial charge in [-0.15, -0.1) is 11.3 Å². The number of carboxylic acid groups (broad SMARTS) is 1. The molecule has 1 aliphatic rings. The first-order valence-corrected chi connectivity index (χ1v) is 6.97. The molecule has 3 nitrogen and oxygen atoms in total. The topological polar surface area (TPSA) is 46.5 Å². The largest absolute Gasteiger partial charge is 0.481 e. The highest BCUT2D eigenvalue weighted by atomic mass is 32.1. The third kappa shape index (κ3) is 3.07.